The minimum absolute atomic E-state index is 0.200. The third kappa shape index (κ3) is 4.16. The summed E-state index contributed by atoms with van der Waals surface area (Å²) in [6.45, 7) is 2.00. The summed E-state index contributed by atoms with van der Waals surface area (Å²) < 4.78 is 0. The van der Waals surface area contributed by atoms with Crippen molar-refractivity contribution in [3.05, 3.63) is 28.0 Å². The van der Waals surface area contributed by atoms with Gasteiger partial charge in [0.1, 0.15) is 0 Å². The van der Waals surface area contributed by atoms with Crippen molar-refractivity contribution in [2.45, 2.75) is 38.3 Å². The van der Waals surface area contributed by atoms with E-state index in [1.54, 1.807) is 17.4 Å². The SMILES string of the molecule is O=C(O)/C=C/c1ccsc1CN1CCCCCC1CO. The van der Waals surface area contributed by atoms with Crippen LogP contribution in [0.5, 0.6) is 0 Å². The number of hydrogen-bond donors (Lipinski definition) is 2. The molecule has 0 aliphatic carbocycles. The Kier molecular flexibility index (Phi) is 5.76. The molecule has 1 saturated heterocycles. The van der Waals surface area contributed by atoms with Crippen molar-refractivity contribution < 1.29 is 15.0 Å². The number of carbonyl (C=O) groups is 1. The molecule has 2 rings (SSSR count). The molecule has 1 aromatic heterocycles. The van der Waals surface area contributed by atoms with E-state index < -0.39 is 5.97 Å². The number of likely N-dealkylation sites (tertiary alicyclic amines) is 1. The number of aliphatic hydroxyl groups is 1. The molecule has 1 atom stereocenters. The molecule has 0 aromatic carbocycles. The molecular weight excluding hydrogens is 274 g/mol. The number of thiophene rings is 1. The van der Waals surface area contributed by atoms with Crippen LogP contribution in [0.15, 0.2) is 17.5 Å². The lowest BCUT2D eigenvalue weighted by Gasteiger charge is -2.28. The van der Waals surface area contributed by atoms with E-state index in [-0.39, 0.29) is 12.6 Å². The zero-order valence-corrected chi connectivity index (χ0v) is 12.3. The fourth-order valence-corrected chi connectivity index (χ4v) is 3.52. The van der Waals surface area contributed by atoms with Crippen LogP contribution < -0.4 is 0 Å². The van der Waals surface area contributed by atoms with E-state index in [0.717, 1.165) is 25.1 Å². The van der Waals surface area contributed by atoms with Crippen molar-refractivity contribution in [1.29, 1.82) is 0 Å². The topological polar surface area (TPSA) is 60.8 Å². The lowest BCUT2D eigenvalue weighted by Crippen LogP contribution is -2.36. The molecule has 1 aromatic rings. The van der Waals surface area contributed by atoms with Gasteiger partial charge in [-0.05, 0) is 42.5 Å². The molecule has 2 N–H and O–H groups in total. The normalized spacial score (nSPS) is 21.1. The van der Waals surface area contributed by atoms with E-state index in [0.29, 0.717) is 0 Å². The van der Waals surface area contributed by atoms with Crippen molar-refractivity contribution in [2.24, 2.45) is 0 Å². The van der Waals surface area contributed by atoms with Crippen LogP contribution in [0.1, 0.15) is 36.1 Å². The number of aliphatic hydroxyl groups excluding tert-OH is 1. The van der Waals surface area contributed by atoms with E-state index in [1.807, 2.05) is 11.4 Å². The average molecular weight is 295 g/mol. The Bertz CT molecular complexity index is 469. The van der Waals surface area contributed by atoms with E-state index in [9.17, 15) is 9.90 Å². The predicted molar refractivity (Wildman–Crippen MR) is 80.7 cm³/mol. The Morgan fingerprint density at radius 3 is 3.05 bits per heavy atom. The molecule has 0 bridgehead atoms. The summed E-state index contributed by atoms with van der Waals surface area (Å²) in [5.74, 6) is -0.926. The van der Waals surface area contributed by atoms with Crippen molar-refractivity contribution in [3.8, 4) is 0 Å². The van der Waals surface area contributed by atoms with Crippen molar-refractivity contribution in [2.75, 3.05) is 13.2 Å². The Hall–Kier alpha value is -1.17. The molecular formula is C15H21NO3S. The van der Waals surface area contributed by atoms with Crippen molar-refractivity contribution in [3.63, 3.8) is 0 Å². The number of carboxylic acids is 1. The smallest absolute Gasteiger partial charge is 0.328 e. The molecule has 0 amide bonds. The van der Waals surface area contributed by atoms with Gasteiger partial charge in [0.25, 0.3) is 0 Å². The molecule has 1 unspecified atom stereocenters. The number of aliphatic carboxylic acids is 1. The highest BCUT2D eigenvalue weighted by molar-refractivity contribution is 7.10. The lowest BCUT2D eigenvalue weighted by atomic mass is 10.1. The molecule has 110 valence electrons. The summed E-state index contributed by atoms with van der Waals surface area (Å²) in [7, 11) is 0. The number of hydrogen-bond acceptors (Lipinski definition) is 4. The van der Waals surface area contributed by atoms with E-state index in [2.05, 4.69) is 4.90 Å². The Morgan fingerprint density at radius 1 is 1.45 bits per heavy atom. The van der Waals surface area contributed by atoms with Crippen LogP contribution in [0.3, 0.4) is 0 Å². The second-order valence-corrected chi connectivity index (χ2v) is 6.13. The first kappa shape index (κ1) is 15.2. The Labute approximate surface area is 123 Å². The van der Waals surface area contributed by atoms with Gasteiger partial charge in [-0.3, -0.25) is 4.90 Å². The quantitative estimate of drug-likeness (QED) is 0.820. The molecule has 0 spiro atoms. The second kappa shape index (κ2) is 7.57. The molecule has 1 aliphatic rings. The lowest BCUT2D eigenvalue weighted by molar-refractivity contribution is -0.131. The summed E-state index contributed by atoms with van der Waals surface area (Å²) in [5, 5.41) is 20.2. The van der Waals surface area contributed by atoms with Crippen LogP contribution in [0, 0.1) is 0 Å². The van der Waals surface area contributed by atoms with Crippen LogP contribution in [0.25, 0.3) is 6.08 Å². The molecule has 1 aliphatic heterocycles. The van der Waals surface area contributed by atoms with Gasteiger partial charge in [0.15, 0.2) is 0 Å². The standard InChI is InChI=1S/C15H21NO3S/c17-11-13-4-2-1-3-8-16(13)10-14-12(7-9-20-14)5-6-15(18)19/h5-7,9,13,17H,1-4,8,10-11H2,(H,18,19)/b6-5+. The molecule has 0 radical (unpaired) electrons. The predicted octanol–water partition coefficient (Wildman–Crippen LogP) is 2.58. The number of carboxylic acid groups (broad SMARTS) is 1. The molecule has 5 heteroatoms. The molecule has 1 fully saturated rings. The van der Waals surface area contributed by atoms with Crippen LogP contribution in [0.4, 0.5) is 0 Å². The van der Waals surface area contributed by atoms with Gasteiger partial charge in [0, 0.05) is 23.5 Å². The monoisotopic (exact) mass is 295 g/mol. The van der Waals surface area contributed by atoms with E-state index in [4.69, 9.17) is 5.11 Å². The maximum atomic E-state index is 10.6. The van der Waals surface area contributed by atoms with Gasteiger partial charge in [-0.2, -0.15) is 0 Å². The van der Waals surface area contributed by atoms with Gasteiger partial charge < -0.3 is 10.2 Å². The van der Waals surface area contributed by atoms with Gasteiger partial charge in [0.2, 0.25) is 0 Å². The minimum atomic E-state index is -0.926. The fraction of sp³-hybridized carbons (Fsp3) is 0.533. The summed E-state index contributed by atoms with van der Waals surface area (Å²) in [6.07, 6.45) is 7.45. The number of rotatable bonds is 5. The summed E-state index contributed by atoms with van der Waals surface area (Å²) in [6, 6.07) is 2.18. The average Bonchev–Trinajstić information content (AvgIpc) is 2.74. The molecule has 20 heavy (non-hydrogen) atoms. The molecule has 2 heterocycles. The van der Waals surface area contributed by atoms with Crippen LogP contribution in [-0.4, -0.2) is 40.3 Å². The zero-order valence-electron chi connectivity index (χ0n) is 11.5. The summed E-state index contributed by atoms with van der Waals surface area (Å²) in [4.78, 5) is 14.1. The van der Waals surface area contributed by atoms with Crippen LogP contribution >= 0.6 is 11.3 Å². The van der Waals surface area contributed by atoms with E-state index >= 15 is 0 Å². The third-order valence-electron chi connectivity index (χ3n) is 3.74. The Morgan fingerprint density at radius 2 is 2.30 bits per heavy atom. The van der Waals surface area contributed by atoms with Gasteiger partial charge >= 0.3 is 5.97 Å². The summed E-state index contributed by atoms with van der Waals surface area (Å²) in [5.41, 5.74) is 0.971. The van der Waals surface area contributed by atoms with Gasteiger partial charge in [0.05, 0.1) is 6.61 Å². The highest BCUT2D eigenvalue weighted by Gasteiger charge is 2.21. The Balaban J connectivity index is 2.08. The first-order chi connectivity index (χ1) is 9.70. The highest BCUT2D eigenvalue weighted by Crippen LogP contribution is 2.24. The first-order valence-electron chi connectivity index (χ1n) is 7.03. The highest BCUT2D eigenvalue weighted by atomic mass is 32.1. The third-order valence-corrected chi connectivity index (χ3v) is 4.66. The number of nitrogens with zero attached hydrogens (tertiary/aromatic N) is 1. The van der Waals surface area contributed by atoms with Crippen molar-refractivity contribution >= 4 is 23.4 Å². The zero-order chi connectivity index (χ0) is 14.4. The largest absolute Gasteiger partial charge is 0.478 e. The maximum Gasteiger partial charge on any atom is 0.328 e. The van der Waals surface area contributed by atoms with Gasteiger partial charge in [-0.15, -0.1) is 11.3 Å². The molecule has 4 nitrogen and oxygen atoms in total. The first-order valence-corrected chi connectivity index (χ1v) is 7.91. The van der Waals surface area contributed by atoms with Crippen molar-refractivity contribution in [1.82, 2.24) is 4.90 Å². The second-order valence-electron chi connectivity index (χ2n) is 5.13. The van der Waals surface area contributed by atoms with Gasteiger partial charge in [-0.1, -0.05) is 12.8 Å². The van der Waals surface area contributed by atoms with Crippen LogP contribution in [0.2, 0.25) is 0 Å². The van der Waals surface area contributed by atoms with Crippen LogP contribution in [-0.2, 0) is 11.3 Å². The minimum Gasteiger partial charge on any atom is -0.478 e. The fourth-order valence-electron chi connectivity index (χ4n) is 2.62. The summed E-state index contributed by atoms with van der Waals surface area (Å²) >= 11 is 1.65. The maximum absolute atomic E-state index is 10.6. The van der Waals surface area contributed by atoms with Gasteiger partial charge in [-0.25, -0.2) is 4.79 Å². The van der Waals surface area contributed by atoms with E-state index in [1.165, 1.54) is 30.2 Å². The molecule has 0 saturated carbocycles.